The maximum absolute atomic E-state index is 12.7. The highest BCUT2D eigenvalue weighted by Gasteiger charge is 2.37. The van der Waals surface area contributed by atoms with E-state index in [1.165, 1.54) is 20.8 Å². The molecule has 11 heteroatoms. The number of esters is 3. The molecule has 0 aromatic rings. The fourth-order valence-electron chi connectivity index (χ4n) is 1.32. The van der Waals surface area contributed by atoms with Crippen molar-refractivity contribution in [3.05, 3.63) is 38.0 Å². The van der Waals surface area contributed by atoms with Crippen molar-refractivity contribution in [1.82, 2.24) is 0 Å². The van der Waals surface area contributed by atoms with Gasteiger partial charge in [0.2, 0.25) is 18.9 Å². The van der Waals surface area contributed by atoms with Crippen LogP contribution < -0.4 is 0 Å². The molecule has 0 rings (SSSR count). The largest absolute Gasteiger partial charge is 0.484 e. The minimum atomic E-state index is -4.52. The highest BCUT2D eigenvalue weighted by Crippen LogP contribution is 2.53. The summed E-state index contributed by atoms with van der Waals surface area (Å²) in [5, 5.41) is 0. The van der Waals surface area contributed by atoms with Crippen LogP contribution in [0.3, 0.4) is 0 Å². The topological polar surface area (TPSA) is 124 Å². The second kappa shape index (κ2) is 11.4. The van der Waals surface area contributed by atoms with Gasteiger partial charge in [0.15, 0.2) is 0 Å². The van der Waals surface area contributed by atoms with Crippen LogP contribution in [0.5, 0.6) is 0 Å². The molecule has 0 aliphatic carbocycles. The van der Waals surface area contributed by atoms with Gasteiger partial charge in [-0.25, -0.2) is 32.5 Å². The van der Waals surface area contributed by atoms with Crippen molar-refractivity contribution in [1.29, 1.82) is 0 Å². The quantitative estimate of drug-likeness (QED) is 0.161. The first-order valence-corrected chi connectivity index (χ1v) is 8.65. The fourth-order valence-corrected chi connectivity index (χ4v) is 2.69. The smallest absolute Gasteiger partial charge is 0.432 e. The Morgan fingerprint density at radius 1 is 0.692 bits per heavy atom. The van der Waals surface area contributed by atoms with Crippen LogP contribution in [-0.4, -0.2) is 36.8 Å². The van der Waals surface area contributed by atoms with E-state index in [0.29, 0.717) is 0 Å². The molecule has 0 aromatic heterocycles. The van der Waals surface area contributed by atoms with Crippen molar-refractivity contribution in [3.8, 4) is 0 Å². The molecule has 26 heavy (non-hydrogen) atoms. The molecule has 0 aromatic carbocycles. The van der Waals surface area contributed by atoms with Crippen LogP contribution in [0.25, 0.3) is 0 Å². The molecule has 0 radical (unpaired) electrons. The van der Waals surface area contributed by atoms with E-state index in [1.807, 2.05) is 0 Å². The first kappa shape index (κ1) is 23.7. The van der Waals surface area contributed by atoms with Gasteiger partial charge in [-0.2, -0.15) is 0 Å². The van der Waals surface area contributed by atoms with Crippen LogP contribution in [0.1, 0.15) is 20.8 Å². The standard InChI is InChI=1S/C15H21O10P/c1-7-13(16)20-10(4)23-26(19,24-11(5)21-14(17)8-2)25-12(6)22-15(18)9-3/h7-12H,1-3H2,4-6H3. The maximum Gasteiger partial charge on any atom is 0.484 e. The van der Waals surface area contributed by atoms with Crippen LogP contribution in [0.15, 0.2) is 38.0 Å². The van der Waals surface area contributed by atoms with Gasteiger partial charge in [-0.3, -0.25) is 0 Å². The lowest BCUT2D eigenvalue weighted by molar-refractivity contribution is -0.172. The average molecular weight is 392 g/mol. The van der Waals surface area contributed by atoms with Crippen molar-refractivity contribution in [2.45, 2.75) is 39.6 Å². The normalized spacial score (nSPS) is 16.1. The van der Waals surface area contributed by atoms with Gasteiger partial charge in [-0.1, -0.05) is 19.7 Å². The Balaban J connectivity index is 5.18. The molecule has 0 spiro atoms. The zero-order valence-corrected chi connectivity index (χ0v) is 15.5. The van der Waals surface area contributed by atoms with E-state index >= 15 is 0 Å². The fraction of sp³-hybridized carbons (Fsp3) is 0.400. The molecule has 0 bridgehead atoms. The predicted molar refractivity (Wildman–Crippen MR) is 88.1 cm³/mol. The minimum Gasteiger partial charge on any atom is -0.432 e. The van der Waals surface area contributed by atoms with Crippen molar-refractivity contribution < 1.29 is 46.7 Å². The molecule has 146 valence electrons. The third-order valence-electron chi connectivity index (χ3n) is 2.18. The van der Waals surface area contributed by atoms with E-state index in [1.54, 1.807) is 0 Å². The summed E-state index contributed by atoms with van der Waals surface area (Å²) in [6, 6.07) is 0. The van der Waals surface area contributed by atoms with Crippen LogP contribution in [0, 0.1) is 0 Å². The molecule has 0 saturated heterocycles. The van der Waals surface area contributed by atoms with Crippen molar-refractivity contribution in [3.63, 3.8) is 0 Å². The third-order valence-corrected chi connectivity index (χ3v) is 3.84. The molecule has 3 unspecified atom stereocenters. The molecule has 0 saturated carbocycles. The summed E-state index contributed by atoms with van der Waals surface area (Å²) < 4.78 is 41.8. The lowest BCUT2D eigenvalue weighted by Crippen LogP contribution is -2.24. The number of hydrogen-bond donors (Lipinski definition) is 0. The lowest BCUT2D eigenvalue weighted by atomic mass is 10.6. The summed E-state index contributed by atoms with van der Waals surface area (Å²) in [5.41, 5.74) is 0. The summed E-state index contributed by atoms with van der Waals surface area (Å²) >= 11 is 0. The van der Waals surface area contributed by atoms with Crippen LogP contribution in [0.4, 0.5) is 0 Å². The van der Waals surface area contributed by atoms with Gasteiger partial charge in [0.25, 0.3) is 0 Å². The Kier molecular flexibility index (Phi) is 10.4. The van der Waals surface area contributed by atoms with Crippen LogP contribution in [0.2, 0.25) is 0 Å². The second-order valence-corrected chi connectivity index (χ2v) is 5.92. The molecule has 10 nitrogen and oxygen atoms in total. The van der Waals surface area contributed by atoms with Crippen molar-refractivity contribution in [2.24, 2.45) is 0 Å². The SMILES string of the molecule is C=CC(=O)OC(C)OP(=O)(OC(C)OC(=O)C=C)OC(C)OC(=O)C=C. The molecule has 0 fully saturated rings. The number of ether oxygens (including phenoxy) is 3. The molecule has 0 amide bonds. The lowest BCUT2D eigenvalue weighted by Gasteiger charge is -2.25. The first-order chi connectivity index (χ1) is 12.0. The second-order valence-electron chi connectivity index (χ2n) is 4.39. The van der Waals surface area contributed by atoms with E-state index < -0.39 is 44.6 Å². The van der Waals surface area contributed by atoms with Gasteiger partial charge < -0.3 is 14.2 Å². The number of rotatable bonds is 12. The summed E-state index contributed by atoms with van der Waals surface area (Å²) in [7, 11) is -4.52. The van der Waals surface area contributed by atoms with Gasteiger partial charge in [0.1, 0.15) is 0 Å². The van der Waals surface area contributed by atoms with Crippen LogP contribution in [-0.2, 0) is 46.7 Å². The van der Waals surface area contributed by atoms with E-state index in [0.717, 1.165) is 18.2 Å². The summed E-state index contributed by atoms with van der Waals surface area (Å²) in [6.45, 7) is 13.3. The Bertz CT molecular complexity index is 518. The van der Waals surface area contributed by atoms with Gasteiger partial charge in [0, 0.05) is 18.2 Å². The minimum absolute atomic E-state index is 0.857. The third kappa shape index (κ3) is 9.90. The predicted octanol–water partition coefficient (Wildman–Crippen LogP) is 2.37. The number of phosphoric acid groups is 1. The molecule has 0 aliphatic heterocycles. The molecule has 3 atom stereocenters. The molecule has 0 heterocycles. The summed E-state index contributed by atoms with van der Waals surface area (Å²) in [4.78, 5) is 33.5. The van der Waals surface area contributed by atoms with Gasteiger partial charge in [0.05, 0.1) is 0 Å². The van der Waals surface area contributed by atoms with E-state index in [-0.39, 0.29) is 0 Å². The zero-order valence-electron chi connectivity index (χ0n) is 14.6. The number of hydrogen-bond acceptors (Lipinski definition) is 10. The summed E-state index contributed by atoms with van der Waals surface area (Å²) in [5.74, 6) is -2.58. The van der Waals surface area contributed by atoms with Crippen molar-refractivity contribution >= 4 is 25.7 Å². The van der Waals surface area contributed by atoms with E-state index in [4.69, 9.17) is 27.8 Å². The van der Waals surface area contributed by atoms with Gasteiger partial charge in [-0.05, 0) is 20.8 Å². The van der Waals surface area contributed by atoms with Gasteiger partial charge >= 0.3 is 25.7 Å². The average Bonchev–Trinajstić information content (AvgIpc) is 2.52. The zero-order chi connectivity index (χ0) is 20.3. The molecular formula is C15H21O10P. The first-order valence-electron chi connectivity index (χ1n) is 7.19. The Morgan fingerprint density at radius 3 is 1.12 bits per heavy atom. The Labute approximate surface area is 150 Å². The number of carbonyl (C=O) groups is 3. The number of carbonyl (C=O) groups excluding carboxylic acids is 3. The molecular weight excluding hydrogens is 371 g/mol. The Morgan fingerprint density at radius 2 is 0.923 bits per heavy atom. The van der Waals surface area contributed by atoms with E-state index in [9.17, 15) is 18.9 Å². The summed E-state index contributed by atoms with van der Waals surface area (Å²) in [6.07, 6.45) is -1.61. The van der Waals surface area contributed by atoms with Gasteiger partial charge in [-0.15, -0.1) is 0 Å². The highest BCUT2D eigenvalue weighted by atomic mass is 31.2. The van der Waals surface area contributed by atoms with Crippen molar-refractivity contribution in [2.75, 3.05) is 0 Å². The number of phosphoric ester groups is 1. The highest BCUT2D eigenvalue weighted by molar-refractivity contribution is 7.48. The maximum atomic E-state index is 12.7. The molecule has 0 aliphatic rings. The van der Waals surface area contributed by atoms with Crippen LogP contribution >= 0.6 is 7.82 Å². The molecule has 0 N–H and O–H groups in total. The van der Waals surface area contributed by atoms with E-state index in [2.05, 4.69) is 19.7 Å². The Hall–Kier alpha value is -2.26. The monoisotopic (exact) mass is 392 g/mol.